The van der Waals surface area contributed by atoms with Gasteiger partial charge in [-0.05, 0) is 37.7 Å². The van der Waals surface area contributed by atoms with Crippen LogP contribution in [-0.4, -0.2) is 62.7 Å². The minimum absolute atomic E-state index is 0.0541. The van der Waals surface area contributed by atoms with Gasteiger partial charge in [-0.15, -0.1) is 11.3 Å². The molecule has 0 radical (unpaired) electrons. The van der Waals surface area contributed by atoms with Crippen LogP contribution < -0.4 is 10.2 Å². The number of carbonyl (C=O) groups excluding carboxylic acids is 1. The minimum atomic E-state index is -0.213. The number of nitrogens with zero attached hydrogens (tertiary/aromatic N) is 3. The Morgan fingerprint density at radius 2 is 1.92 bits per heavy atom. The maximum Gasteiger partial charge on any atom is 0.317 e. The summed E-state index contributed by atoms with van der Waals surface area (Å²) in [5.74, 6) is -0.213. The lowest BCUT2D eigenvalue weighted by Crippen LogP contribution is -2.52. The van der Waals surface area contributed by atoms with E-state index in [1.165, 1.54) is 10.9 Å². The molecule has 1 aromatic carbocycles. The summed E-state index contributed by atoms with van der Waals surface area (Å²) in [7, 11) is 4.04. The monoisotopic (exact) mass is 376 g/mol. The number of anilines is 1. The molecule has 1 N–H and O–H groups in total. The standard InChI is InChI=1S/C19H25FN4OS/c1-22(2)17(18-8-5-13-26-18)14-21-19(25)24-11-9-23(10-12-24)16-7-4-3-6-15(16)20/h3-8,13,17H,9-12,14H2,1-2H3,(H,21,25). The number of piperazine rings is 1. The van der Waals surface area contributed by atoms with Crippen molar-refractivity contribution in [2.75, 3.05) is 51.7 Å². The van der Waals surface area contributed by atoms with Gasteiger partial charge in [0.15, 0.2) is 0 Å². The summed E-state index contributed by atoms with van der Waals surface area (Å²) in [5.41, 5.74) is 0.609. The SMILES string of the molecule is CN(C)C(CNC(=O)N1CCN(c2ccccc2F)CC1)c1cccs1. The molecule has 2 aromatic rings. The molecule has 1 unspecified atom stereocenters. The van der Waals surface area contributed by atoms with Crippen LogP contribution in [0.1, 0.15) is 10.9 Å². The Balaban J connectivity index is 1.51. The number of hydrogen-bond donors (Lipinski definition) is 1. The molecule has 0 aliphatic carbocycles. The van der Waals surface area contributed by atoms with E-state index in [-0.39, 0.29) is 17.9 Å². The lowest BCUT2D eigenvalue weighted by atomic mass is 10.2. The summed E-state index contributed by atoms with van der Waals surface area (Å²) in [6.07, 6.45) is 0. The fourth-order valence-corrected chi connectivity index (χ4v) is 4.10. The molecule has 2 heterocycles. The fourth-order valence-electron chi connectivity index (χ4n) is 3.17. The Hall–Kier alpha value is -2.12. The van der Waals surface area contributed by atoms with Gasteiger partial charge in [0.05, 0.1) is 11.7 Å². The minimum Gasteiger partial charge on any atom is -0.366 e. The summed E-state index contributed by atoms with van der Waals surface area (Å²) in [5, 5.41) is 5.10. The summed E-state index contributed by atoms with van der Waals surface area (Å²) < 4.78 is 13.9. The zero-order valence-electron chi connectivity index (χ0n) is 15.2. The third-order valence-corrected chi connectivity index (χ3v) is 5.68. The molecule has 1 fully saturated rings. The van der Waals surface area contributed by atoms with E-state index in [2.05, 4.69) is 21.7 Å². The van der Waals surface area contributed by atoms with Crippen LogP contribution in [0.15, 0.2) is 41.8 Å². The van der Waals surface area contributed by atoms with E-state index >= 15 is 0 Å². The maximum atomic E-state index is 13.9. The first-order valence-electron chi connectivity index (χ1n) is 8.78. The normalized spacial score (nSPS) is 16.0. The van der Waals surface area contributed by atoms with Gasteiger partial charge in [0, 0.05) is 37.6 Å². The molecule has 1 aliphatic heterocycles. The van der Waals surface area contributed by atoms with E-state index < -0.39 is 0 Å². The number of rotatable bonds is 5. The lowest BCUT2D eigenvalue weighted by Gasteiger charge is -2.36. The van der Waals surface area contributed by atoms with Crippen LogP contribution in [0.25, 0.3) is 0 Å². The highest BCUT2D eigenvalue weighted by Gasteiger charge is 2.24. The lowest BCUT2D eigenvalue weighted by molar-refractivity contribution is 0.189. The highest BCUT2D eigenvalue weighted by atomic mass is 32.1. The van der Waals surface area contributed by atoms with Gasteiger partial charge in [-0.25, -0.2) is 9.18 Å². The first-order valence-corrected chi connectivity index (χ1v) is 9.66. The third-order valence-electron chi connectivity index (χ3n) is 4.70. The van der Waals surface area contributed by atoms with E-state index in [1.54, 1.807) is 28.4 Å². The van der Waals surface area contributed by atoms with Crippen molar-refractivity contribution in [3.63, 3.8) is 0 Å². The smallest absolute Gasteiger partial charge is 0.317 e. The van der Waals surface area contributed by atoms with Gasteiger partial charge in [0.2, 0.25) is 0 Å². The number of hydrogen-bond acceptors (Lipinski definition) is 4. The first-order chi connectivity index (χ1) is 12.6. The molecule has 1 saturated heterocycles. The second-order valence-electron chi connectivity index (χ2n) is 6.61. The number of halogens is 1. The van der Waals surface area contributed by atoms with Gasteiger partial charge >= 0.3 is 6.03 Å². The third kappa shape index (κ3) is 4.34. The first kappa shape index (κ1) is 18.7. The molecule has 1 atom stereocenters. The van der Waals surface area contributed by atoms with E-state index in [4.69, 9.17) is 0 Å². The summed E-state index contributed by atoms with van der Waals surface area (Å²) in [4.78, 5) is 19.7. The molecule has 1 aliphatic rings. The molecule has 140 valence electrons. The summed E-state index contributed by atoms with van der Waals surface area (Å²) in [6, 6.07) is 11.0. The predicted octanol–water partition coefficient (Wildman–Crippen LogP) is 3.02. The largest absolute Gasteiger partial charge is 0.366 e. The van der Waals surface area contributed by atoms with Crippen LogP contribution in [0, 0.1) is 5.82 Å². The molecular formula is C19H25FN4OS. The number of nitrogens with one attached hydrogen (secondary N) is 1. The number of urea groups is 1. The van der Waals surface area contributed by atoms with Crippen LogP contribution in [0.3, 0.4) is 0 Å². The number of amides is 2. The summed E-state index contributed by atoms with van der Waals surface area (Å²) >= 11 is 1.70. The predicted molar refractivity (Wildman–Crippen MR) is 104 cm³/mol. The second-order valence-corrected chi connectivity index (χ2v) is 7.59. The van der Waals surface area contributed by atoms with Gasteiger partial charge in [-0.2, -0.15) is 0 Å². The van der Waals surface area contributed by atoms with Crippen molar-refractivity contribution in [3.8, 4) is 0 Å². The Morgan fingerprint density at radius 3 is 2.54 bits per heavy atom. The van der Waals surface area contributed by atoms with Crippen molar-refractivity contribution in [2.24, 2.45) is 0 Å². The molecular weight excluding hydrogens is 351 g/mol. The quantitative estimate of drug-likeness (QED) is 0.872. The highest BCUT2D eigenvalue weighted by Crippen LogP contribution is 2.23. The van der Waals surface area contributed by atoms with E-state index in [0.29, 0.717) is 38.4 Å². The van der Waals surface area contributed by atoms with E-state index in [0.717, 1.165) is 0 Å². The molecule has 26 heavy (non-hydrogen) atoms. The molecule has 1 aromatic heterocycles. The van der Waals surface area contributed by atoms with Gasteiger partial charge < -0.3 is 20.0 Å². The van der Waals surface area contributed by atoms with Crippen molar-refractivity contribution in [2.45, 2.75) is 6.04 Å². The average molecular weight is 377 g/mol. The molecule has 7 heteroatoms. The van der Waals surface area contributed by atoms with Crippen molar-refractivity contribution >= 4 is 23.1 Å². The van der Waals surface area contributed by atoms with Crippen LogP contribution in [0.4, 0.5) is 14.9 Å². The number of thiophene rings is 1. The number of likely N-dealkylation sites (N-methyl/N-ethyl adjacent to an activating group) is 1. The zero-order valence-corrected chi connectivity index (χ0v) is 16.0. The number of para-hydroxylation sites is 1. The van der Waals surface area contributed by atoms with Gasteiger partial charge in [0.25, 0.3) is 0 Å². The fraction of sp³-hybridized carbons (Fsp3) is 0.421. The van der Waals surface area contributed by atoms with E-state index in [1.807, 2.05) is 31.1 Å². The maximum absolute atomic E-state index is 13.9. The van der Waals surface area contributed by atoms with Crippen molar-refractivity contribution < 1.29 is 9.18 Å². The number of benzene rings is 1. The average Bonchev–Trinajstić information content (AvgIpc) is 3.16. The topological polar surface area (TPSA) is 38.8 Å². The molecule has 2 amide bonds. The van der Waals surface area contributed by atoms with Crippen molar-refractivity contribution in [1.82, 2.24) is 15.1 Å². The number of carbonyl (C=O) groups is 1. The van der Waals surface area contributed by atoms with Crippen molar-refractivity contribution in [3.05, 3.63) is 52.5 Å². The Bertz CT molecular complexity index is 714. The highest BCUT2D eigenvalue weighted by molar-refractivity contribution is 7.10. The Labute approximate surface area is 158 Å². The van der Waals surface area contributed by atoms with Crippen LogP contribution >= 0.6 is 11.3 Å². The van der Waals surface area contributed by atoms with E-state index in [9.17, 15) is 9.18 Å². The molecule has 3 rings (SSSR count). The molecule has 0 spiro atoms. The van der Waals surface area contributed by atoms with Gasteiger partial charge in [-0.1, -0.05) is 18.2 Å². The Morgan fingerprint density at radius 1 is 1.19 bits per heavy atom. The van der Waals surface area contributed by atoms with Crippen LogP contribution in [-0.2, 0) is 0 Å². The molecule has 0 bridgehead atoms. The molecule has 5 nitrogen and oxygen atoms in total. The Kier molecular flexibility index (Phi) is 6.11. The van der Waals surface area contributed by atoms with Gasteiger partial charge in [-0.3, -0.25) is 0 Å². The molecule has 0 saturated carbocycles. The summed E-state index contributed by atoms with van der Waals surface area (Å²) in [6.45, 7) is 3.02. The van der Waals surface area contributed by atoms with Gasteiger partial charge in [0.1, 0.15) is 5.82 Å². The second kappa shape index (κ2) is 8.51. The van der Waals surface area contributed by atoms with Crippen molar-refractivity contribution in [1.29, 1.82) is 0 Å². The van der Waals surface area contributed by atoms with Crippen LogP contribution in [0.2, 0.25) is 0 Å². The van der Waals surface area contributed by atoms with Crippen LogP contribution in [0.5, 0.6) is 0 Å². The zero-order chi connectivity index (χ0) is 18.5.